The van der Waals surface area contributed by atoms with E-state index in [1.807, 2.05) is 13.0 Å². The Morgan fingerprint density at radius 1 is 1.71 bits per heavy atom. The molecule has 4 heteroatoms. The maximum absolute atomic E-state index is 12.1. The summed E-state index contributed by atoms with van der Waals surface area (Å²) in [5.41, 5.74) is 5.67. The van der Waals surface area contributed by atoms with Gasteiger partial charge in [0.25, 0.3) is 0 Å². The van der Waals surface area contributed by atoms with E-state index in [4.69, 9.17) is 5.73 Å². The highest BCUT2D eigenvalue weighted by Crippen LogP contribution is 2.36. The number of carbonyl (C=O) groups excluding carboxylic acids is 1. The summed E-state index contributed by atoms with van der Waals surface area (Å²) in [6.07, 6.45) is 3.86. The normalized spacial score (nSPS) is 28.2. The number of rotatable bonds is 4. The first kappa shape index (κ1) is 12.6. The van der Waals surface area contributed by atoms with Gasteiger partial charge in [-0.2, -0.15) is 0 Å². The summed E-state index contributed by atoms with van der Waals surface area (Å²) in [5, 5.41) is 5.08. The smallest absolute Gasteiger partial charge is 0.227 e. The van der Waals surface area contributed by atoms with Crippen LogP contribution in [0.15, 0.2) is 17.5 Å². The second-order valence-electron chi connectivity index (χ2n) is 5.00. The molecule has 0 bridgehead atoms. The molecular weight excluding hydrogens is 232 g/mol. The minimum atomic E-state index is -0.352. The van der Waals surface area contributed by atoms with Gasteiger partial charge in [-0.1, -0.05) is 12.5 Å². The van der Waals surface area contributed by atoms with E-state index >= 15 is 0 Å². The third-order valence-corrected chi connectivity index (χ3v) is 4.72. The van der Waals surface area contributed by atoms with E-state index in [-0.39, 0.29) is 17.4 Å². The van der Waals surface area contributed by atoms with Crippen LogP contribution >= 0.6 is 11.3 Å². The monoisotopic (exact) mass is 252 g/mol. The van der Waals surface area contributed by atoms with Gasteiger partial charge in [-0.3, -0.25) is 4.79 Å². The first-order valence-electron chi connectivity index (χ1n) is 6.19. The summed E-state index contributed by atoms with van der Waals surface area (Å²) in [4.78, 5) is 13.4. The number of hydrogen-bond donors (Lipinski definition) is 2. The quantitative estimate of drug-likeness (QED) is 0.860. The summed E-state index contributed by atoms with van der Waals surface area (Å²) < 4.78 is 0. The second kappa shape index (κ2) is 5.19. The average molecular weight is 252 g/mol. The molecule has 94 valence electrons. The van der Waals surface area contributed by atoms with E-state index in [2.05, 4.69) is 16.8 Å². The van der Waals surface area contributed by atoms with Crippen molar-refractivity contribution in [2.24, 2.45) is 11.1 Å². The maximum Gasteiger partial charge on any atom is 0.227 e. The number of hydrogen-bond acceptors (Lipinski definition) is 3. The lowest BCUT2D eigenvalue weighted by molar-refractivity contribution is -0.130. The summed E-state index contributed by atoms with van der Waals surface area (Å²) in [6, 6.07) is 4.15. The highest BCUT2D eigenvalue weighted by molar-refractivity contribution is 7.09. The lowest BCUT2D eigenvalue weighted by Gasteiger charge is -2.27. The number of thiophene rings is 1. The van der Waals surface area contributed by atoms with Crippen LogP contribution in [-0.4, -0.2) is 18.5 Å². The van der Waals surface area contributed by atoms with E-state index < -0.39 is 0 Å². The van der Waals surface area contributed by atoms with Gasteiger partial charge in [0, 0.05) is 17.5 Å². The van der Waals surface area contributed by atoms with Crippen LogP contribution in [0.5, 0.6) is 0 Å². The molecule has 0 radical (unpaired) electrons. The van der Waals surface area contributed by atoms with Crippen molar-refractivity contribution in [3.8, 4) is 0 Å². The van der Waals surface area contributed by atoms with Gasteiger partial charge in [-0.15, -0.1) is 11.3 Å². The summed E-state index contributed by atoms with van der Waals surface area (Å²) in [6.45, 7) is 2.70. The Balaban J connectivity index is 1.81. The molecule has 1 fully saturated rings. The molecule has 1 aromatic rings. The van der Waals surface area contributed by atoms with Crippen LogP contribution in [0.4, 0.5) is 0 Å². The predicted octanol–water partition coefficient (Wildman–Crippen LogP) is 1.92. The summed E-state index contributed by atoms with van der Waals surface area (Å²) >= 11 is 1.73. The zero-order valence-electron chi connectivity index (χ0n) is 10.2. The van der Waals surface area contributed by atoms with Gasteiger partial charge in [-0.25, -0.2) is 0 Å². The Morgan fingerprint density at radius 3 is 3.12 bits per heavy atom. The Hall–Kier alpha value is -0.870. The van der Waals surface area contributed by atoms with E-state index in [0.717, 1.165) is 25.7 Å². The molecule has 2 unspecified atom stereocenters. The van der Waals surface area contributed by atoms with Crippen LogP contribution in [0.25, 0.3) is 0 Å². The van der Waals surface area contributed by atoms with Crippen molar-refractivity contribution in [3.63, 3.8) is 0 Å². The van der Waals surface area contributed by atoms with Crippen LogP contribution in [0.1, 0.15) is 31.1 Å². The lowest BCUT2D eigenvalue weighted by Crippen LogP contribution is -2.47. The molecular formula is C13H20N2OS. The van der Waals surface area contributed by atoms with E-state index in [9.17, 15) is 4.79 Å². The Kier molecular flexibility index (Phi) is 3.84. The fourth-order valence-electron chi connectivity index (χ4n) is 2.43. The summed E-state index contributed by atoms with van der Waals surface area (Å²) in [7, 11) is 0. The Labute approximate surface area is 106 Å². The van der Waals surface area contributed by atoms with Crippen LogP contribution in [0.2, 0.25) is 0 Å². The zero-order chi connectivity index (χ0) is 12.3. The molecule has 3 N–H and O–H groups in total. The number of nitrogens with one attached hydrogen (secondary N) is 1. The second-order valence-corrected chi connectivity index (χ2v) is 6.03. The van der Waals surface area contributed by atoms with Gasteiger partial charge in [-0.05, 0) is 37.6 Å². The minimum Gasteiger partial charge on any atom is -0.355 e. The van der Waals surface area contributed by atoms with E-state index in [1.54, 1.807) is 11.3 Å². The molecule has 1 aromatic heterocycles. The molecule has 1 heterocycles. The summed E-state index contributed by atoms with van der Waals surface area (Å²) in [5.74, 6) is 0.124. The maximum atomic E-state index is 12.1. The first-order valence-corrected chi connectivity index (χ1v) is 7.07. The van der Waals surface area contributed by atoms with Gasteiger partial charge < -0.3 is 11.1 Å². The molecule has 2 rings (SSSR count). The molecule has 17 heavy (non-hydrogen) atoms. The number of carbonyl (C=O) groups is 1. The van der Waals surface area contributed by atoms with Crippen LogP contribution < -0.4 is 11.1 Å². The molecule has 0 aromatic carbocycles. The largest absolute Gasteiger partial charge is 0.355 e. The lowest BCUT2D eigenvalue weighted by atomic mass is 9.84. The van der Waals surface area contributed by atoms with Gasteiger partial charge in [0.1, 0.15) is 0 Å². The third kappa shape index (κ3) is 2.69. The van der Waals surface area contributed by atoms with Crippen LogP contribution in [0.3, 0.4) is 0 Å². The molecule has 1 aliphatic carbocycles. The van der Waals surface area contributed by atoms with Gasteiger partial charge in [0.15, 0.2) is 0 Å². The molecule has 0 spiro atoms. The van der Waals surface area contributed by atoms with Crippen molar-refractivity contribution in [2.45, 2.75) is 38.6 Å². The number of nitrogens with two attached hydrogens (primary N) is 1. The van der Waals surface area contributed by atoms with Gasteiger partial charge in [0.2, 0.25) is 5.91 Å². The standard InChI is InChI=1S/C13H20N2OS/c1-13(7-2-5-11(13)14)12(16)15-8-6-10-4-3-9-17-10/h3-4,9,11H,2,5-8,14H2,1H3,(H,15,16). The van der Waals surface area contributed by atoms with E-state index in [0.29, 0.717) is 6.54 Å². The Bertz CT molecular complexity index is 377. The minimum absolute atomic E-state index is 0.0178. The average Bonchev–Trinajstić information content (AvgIpc) is 2.91. The molecule has 3 nitrogen and oxygen atoms in total. The van der Waals surface area contributed by atoms with Gasteiger partial charge >= 0.3 is 0 Å². The number of amides is 1. The van der Waals surface area contributed by atoms with Gasteiger partial charge in [0.05, 0.1) is 5.41 Å². The Morgan fingerprint density at radius 2 is 2.53 bits per heavy atom. The fraction of sp³-hybridized carbons (Fsp3) is 0.615. The molecule has 1 amide bonds. The predicted molar refractivity (Wildman–Crippen MR) is 71.0 cm³/mol. The van der Waals surface area contributed by atoms with Crippen LogP contribution in [-0.2, 0) is 11.2 Å². The van der Waals surface area contributed by atoms with Crippen molar-refractivity contribution in [1.82, 2.24) is 5.32 Å². The van der Waals surface area contributed by atoms with Crippen molar-refractivity contribution in [2.75, 3.05) is 6.54 Å². The van der Waals surface area contributed by atoms with Crippen molar-refractivity contribution < 1.29 is 4.79 Å². The topological polar surface area (TPSA) is 55.1 Å². The highest BCUT2D eigenvalue weighted by Gasteiger charge is 2.42. The molecule has 0 saturated heterocycles. The van der Waals surface area contributed by atoms with E-state index in [1.165, 1.54) is 4.88 Å². The van der Waals surface area contributed by atoms with Crippen molar-refractivity contribution in [1.29, 1.82) is 0 Å². The zero-order valence-corrected chi connectivity index (χ0v) is 11.1. The van der Waals surface area contributed by atoms with Crippen molar-refractivity contribution in [3.05, 3.63) is 22.4 Å². The molecule has 2 atom stereocenters. The fourth-order valence-corrected chi connectivity index (χ4v) is 3.14. The van der Waals surface area contributed by atoms with Crippen LogP contribution in [0, 0.1) is 5.41 Å². The molecule has 0 aliphatic heterocycles. The molecule has 1 aliphatic rings. The molecule has 1 saturated carbocycles. The first-order chi connectivity index (χ1) is 8.13. The SMILES string of the molecule is CC1(C(=O)NCCc2cccs2)CCCC1N. The van der Waals surface area contributed by atoms with Crippen molar-refractivity contribution >= 4 is 17.2 Å². The third-order valence-electron chi connectivity index (χ3n) is 3.79. The highest BCUT2D eigenvalue weighted by atomic mass is 32.1.